The lowest BCUT2D eigenvalue weighted by molar-refractivity contribution is -0.165. The first-order chi connectivity index (χ1) is 10.3. The summed E-state index contributed by atoms with van der Waals surface area (Å²) in [5.41, 5.74) is 0.908. The molecule has 0 amide bonds. The number of hydrogen-bond acceptors (Lipinski definition) is 5. The summed E-state index contributed by atoms with van der Waals surface area (Å²) in [7, 11) is 0. The van der Waals surface area contributed by atoms with Gasteiger partial charge in [0, 0.05) is 12.2 Å². The molecule has 21 heavy (non-hydrogen) atoms. The first-order valence-electron chi connectivity index (χ1n) is 7.43. The van der Waals surface area contributed by atoms with E-state index in [9.17, 15) is 4.79 Å². The normalized spacial score (nSPS) is 31.2. The van der Waals surface area contributed by atoms with E-state index in [1.807, 2.05) is 30.3 Å². The lowest BCUT2D eigenvalue weighted by atomic mass is 10.1. The Morgan fingerprint density at radius 3 is 2.76 bits per heavy atom. The van der Waals surface area contributed by atoms with Gasteiger partial charge in [-0.3, -0.25) is 0 Å². The standard InChI is InChI=1S/C16H20O5/c1-2-3-9-18-10-12-13-14(15(17)19-12)21-16(20-13)11-7-5-4-6-8-11/h4-8,12-14,16H,2-3,9-10H2,1H3/t12-,13-,14-,16?/m1/s1. The van der Waals surface area contributed by atoms with Crippen LogP contribution in [0.5, 0.6) is 0 Å². The van der Waals surface area contributed by atoms with E-state index < -0.39 is 12.4 Å². The number of fused-ring (bicyclic) bond motifs is 1. The van der Waals surface area contributed by atoms with Crippen LogP contribution in [0.1, 0.15) is 31.6 Å². The molecular formula is C16H20O5. The third-order valence-corrected chi connectivity index (χ3v) is 3.71. The summed E-state index contributed by atoms with van der Waals surface area (Å²) >= 11 is 0. The molecule has 4 atom stereocenters. The minimum Gasteiger partial charge on any atom is -0.455 e. The highest BCUT2D eigenvalue weighted by molar-refractivity contribution is 5.78. The molecule has 2 heterocycles. The van der Waals surface area contributed by atoms with Crippen molar-refractivity contribution in [3.8, 4) is 0 Å². The van der Waals surface area contributed by atoms with Crippen LogP contribution >= 0.6 is 0 Å². The number of esters is 1. The topological polar surface area (TPSA) is 54.0 Å². The van der Waals surface area contributed by atoms with Crippen molar-refractivity contribution in [1.29, 1.82) is 0 Å². The number of carbonyl (C=O) groups is 1. The maximum atomic E-state index is 11.8. The van der Waals surface area contributed by atoms with Gasteiger partial charge in [-0.15, -0.1) is 0 Å². The number of hydrogen-bond donors (Lipinski definition) is 0. The van der Waals surface area contributed by atoms with Gasteiger partial charge in [0.1, 0.15) is 6.10 Å². The van der Waals surface area contributed by atoms with E-state index in [4.69, 9.17) is 18.9 Å². The predicted octanol–water partition coefficient (Wildman–Crippen LogP) is 2.21. The van der Waals surface area contributed by atoms with Crippen LogP contribution in [0.2, 0.25) is 0 Å². The van der Waals surface area contributed by atoms with Gasteiger partial charge in [0.15, 0.2) is 18.5 Å². The van der Waals surface area contributed by atoms with Crippen LogP contribution in [-0.2, 0) is 23.7 Å². The number of cyclic esters (lactones) is 1. The quantitative estimate of drug-likeness (QED) is 0.594. The SMILES string of the molecule is CCCCOC[C@H]1OC(=O)[C@@H]2OC(c3ccccc3)O[C@H]12. The number of unbranched alkanes of at least 4 members (excludes halogenated alkanes) is 1. The molecule has 0 saturated carbocycles. The van der Waals surface area contributed by atoms with Crippen LogP contribution in [-0.4, -0.2) is 37.5 Å². The van der Waals surface area contributed by atoms with Crippen molar-refractivity contribution >= 4 is 5.97 Å². The minimum absolute atomic E-state index is 0.359. The van der Waals surface area contributed by atoms with Gasteiger partial charge >= 0.3 is 5.97 Å². The van der Waals surface area contributed by atoms with E-state index in [1.165, 1.54) is 0 Å². The predicted molar refractivity (Wildman–Crippen MR) is 74.5 cm³/mol. The highest BCUT2D eigenvalue weighted by atomic mass is 16.8. The summed E-state index contributed by atoms with van der Waals surface area (Å²) in [5, 5.41) is 0. The zero-order chi connectivity index (χ0) is 14.7. The molecule has 2 aliphatic heterocycles. The highest BCUT2D eigenvalue weighted by Gasteiger charge is 2.53. The second-order valence-corrected chi connectivity index (χ2v) is 5.30. The number of ether oxygens (including phenoxy) is 4. The maximum absolute atomic E-state index is 11.8. The zero-order valence-electron chi connectivity index (χ0n) is 12.1. The molecule has 0 radical (unpaired) electrons. The van der Waals surface area contributed by atoms with Gasteiger partial charge in [0.25, 0.3) is 0 Å². The average molecular weight is 292 g/mol. The first-order valence-corrected chi connectivity index (χ1v) is 7.43. The highest BCUT2D eigenvalue weighted by Crippen LogP contribution is 2.37. The molecule has 2 aliphatic rings. The van der Waals surface area contributed by atoms with Gasteiger partial charge < -0.3 is 18.9 Å². The summed E-state index contributed by atoms with van der Waals surface area (Å²) in [6, 6.07) is 9.60. The molecule has 2 fully saturated rings. The van der Waals surface area contributed by atoms with Crippen molar-refractivity contribution < 1.29 is 23.7 Å². The van der Waals surface area contributed by atoms with Crippen LogP contribution in [0.3, 0.4) is 0 Å². The van der Waals surface area contributed by atoms with E-state index in [1.54, 1.807) is 0 Å². The largest absolute Gasteiger partial charge is 0.455 e. The van der Waals surface area contributed by atoms with Crippen molar-refractivity contribution in [1.82, 2.24) is 0 Å². The third kappa shape index (κ3) is 3.10. The molecule has 1 aromatic carbocycles. The van der Waals surface area contributed by atoms with Crippen molar-refractivity contribution in [2.24, 2.45) is 0 Å². The molecule has 0 spiro atoms. The van der Waals surface area contributed by atoms with Crippen LogP contribution in [0.4, 0.5) is 0 Å². The summed E-state index contributed by atoms with van der Waals surface area (Å²) in [6.07, 6.45) is 0.157. The molecule has 114 valence electrons. The summed E-state index contributed by atoms with van der Waals surface area (Å²) in [5.74, 6) is -0.359. The molecule has 0 bridgehead atoms. The molecule has 5 nitrogen and oxygen atoms in total. The molecular weight excluding hydrogens is 272 g/mol. The fourth-order valence-electron chi connectivity index (χ4n) is 2.55. The second-order valence-electron chi connectivity index (χ2n) is 5.30. The van der Waals surface area contributed by atoms with Crippen LogP contribution < -0.4 is 0 Å². The molecule has 1 unspecified atom stereocenters. The van der Waals surface area contributed by atoms with Crippen molar-refractivity contribution in [3.63, 3.8) is 0 Å². The smallest absolute Gasteiger partial charge is 0.338 e. The fraction of sp³-hybridized carbons (Fsp3) is 0.562. The summed E-state index contributed by atoms with van der Waals surface area (Å²) in [6.45, 7) is 3.13. The van der Waals surface area contributed by atoms with Gasteiger partial charge in [-0.2, -0.15) is 0 Å². The first kappa shape index (κ1) is 14.5. The Kier molecular flexibility index (Phi) is 4.53. The Labute approximate surface area is 124 Å². The van der Waals surface area contributed by atoms with Crippen molar-refractivity contribution in [2.45, 2.75) is 44.4 Å². The van der Waals surface area contributed by atoms with E-state index in [2.05, 4.69) is 6.92 Å². The Hall–Kier alpha value is -1.43. The molecule has 2 saturated heterocycles. The molecule has 0 aromatic heterocycles. The molecule has 0 aliphatic carbocycles. The van der Waals surface area contributed by atoms with Gasteiger partial charge in [-0.1, -0.05) is 43.7 Å². The van der Waals surface area contributed by atoms with Gasteiger partial charge in [-0.05, 0) is 6.42 Å². The van der Waals surface area contributed by atoms with Gasteiger partial charge in [0.05, 0.1) is 6.61 Å². The van der Waals surface area contributed by atoms with Crippen LogP contribution in [0.15, 0.2) is 30.3 Å². The fourth-order valence-corrected chi connectivity index (χ4v) is 2.55. The Balaban J connectivity index is 1.60. The Bertz CT molecular complexity index is 475. The number of carbonyl (C=O) groups excluding carboxylic acids is 1. The molecule has 5 heteroatoms. The Morgan fingerprint density at radius 2 is 2.00 bits per heavy atom. The second kappa shape index (κ2) is 6.56. The monoisotopic (exact) mass is 292 g/mol. The number of benzene rings is 1. The lowest BCUT2D eigenvalue weighted by Crippen LogP contribution is -2.31. The third-order valence-electron chi connectivity index (χ3n) is 3.71. The summed E-state index contributed by atoms with van der Waals surface area (Å²) in [4.78, 5) is 11.8. The average Bonchev–Trinajstić information content (AvgIpc) is 3.06. The van der Waals surface area contributed by atoms with Crippen LogP contribution in [0.25, 0.3) is 0 Å². The van der Waals surface area contributed by atoms with E-state index in [0.717, 1.165) is 18.4 Å². The maximum Gasteiger partial charge on any atom is 0.338 e. The van der Waals surface area contributed by atoms with E-state index >= 15 is 0 Å². The summed E-state index contributed by atoms with van der Waals surface area (Å²) < 4.78 is 22.4. The number of rotatable bonds is 6. The lowest BCUT2D eigenvalue weighted by Gasteiger charge is -2.17. The van der Waals surface area contributed by atoms with Gasteiger partial charge in [-0.25, -0.2) is 4.79 Å². The Morgan fingerprint density at radius 1 is 1.19 bits per heavy atom. The van der Waals surface area contributed by atoms with Crippen molar-refractivity contribution in [3.05, 3.63) is 35.9 Å². The van der Waals surface area contributed by atoms with Gasteiger partial charge in [0.2, 0.25) is 0 Å². The molecule has 3 rings (SSSR count). The molecule has 1 aromatic rings. The van der Waals surface area contributed by atoms with E-state index in [-0.39, 0.29) is 18.2 Å². The van der Waals surface area contributed by atoms with Crippen LogP contribution in [0, 0.1) is 0 Å². The van der Waals surface area contributed by atoms with Crippen molar-refractivity contribution in [2.75, 3.05) is 13.2 Å². The van der Waals surface area contributed by atoms with E-state index in [0.29, 0.717) is 13.2 Å². The zero-order valence-corrected chi connectivity index (χ0v) is 12.1. The molecule has 0 N–H and O–H groups in total. The minimum atomic E-state index is -0.644.